The van der Waals surface area contributed by atoms with Gasteiger partial charge in [0, 0.05) is 6.07 Å². The average Bonchev–Trinajstić information content (AvgIpc) is 2.72. The highest BCUT2D eigenvalue weighted by atomic mass is 32.2. The van der Waals surface area contributed by atoms with Gasteiger partial charge in [0.2, 0.25) is 21.2 Å². The minimum absolute atomic E-state index is 0.0572. The topological polar surface area (TPSA) is 106 Å². The van der Waals surface area contributed by atoms with Gasteiger partial charge in [0.05, 0.1) is 11.4 Å². The van der Waals surface area contributed by atoms with Crippen LogP contribution in [0.15, 0.2) is 74.8 Å². The fraction of sp³-hybridized carbons (Fsp3) is 0.190. The third kappa shape index (κ3) is 5.32. The number of benzene rings is 2. The van der Waals surface area contributed by atoms with Crippen LogP contribution in [0.25, 0.3) is 0 Å². The third-order valence-electron chi connectivity index (χ3n) is 4.13. The maximum Gasteiger partial charge on any atom is 0.240 e. The summed E-state index contributed by atoms with van der Waals surface area (Å²) in [5.74, 6) is -0.0813. The number of nitrogens with one attached hydrogen (secondary N) is 1. The van der Waals surface area contributed by atoms with Crippen LogP contribution < -0.4 is 14.9 Å². The van der Waals surface area contributed by atoms with E-state index in [1.807, 2.05) is 30.3 Å². The molecule has 0 atom stereocenters. The SMILES string of the molecule is Cc1cccc(S(=O)(=O)NCc2cc(=O)c(OCc3ccccc3)c(CO)o2)c1. The smallest absolute Gasteiger partial charge is 0.240 e. The zero-order valence-corrected chi connectivity index (χ0v) is 16.6. The van der Waals surface area contributed by atoms with E-state index < -0.39 is 22.1 Å². The summed E-state index contributed by atoms with van der Waals surface area (Å²) in [7, 11) is -3.78. The molecule has 1 aromatic heterocycles. The fourth-order valence-corrected chi connectivity index (χ4v) is 3.79. The quantitative estimate of drug-likeness (QED) is 0.586. The Bertz CT molecular complexity index is 1140. The first kappa shape index (κ1) is 20.8. The first-order valence-electron chi connectivity index (χ1n) is 8.89. The molecular formula is C21H21NO6S. The number of aliphatic hydroxyl groups excluding tert-OH is 1. The van der Waals surface area contributed by atoms with Crippen molar-refractivity contribution in [2.45, 2.75) is 31.6 Å². The van der Waals surface area contributed by atoms with Gasteiger partial charge in [0.25, 0.3) is 0 Å². The van der Waals surface area contributed by atoms with Crippen LogP contribution in [0, 0.1) is 6.92 Å². The summed E-state index contributed by atoms with van der Waals surface area (Å²) in [6.07, 6.45) is 0. The van der Waals surface area contributed by atoms with Crippen LogP contribution in [0.3, 0.4) is 0 Å². The highest BCUT2D eigenvalue weighted by molar-refractivity contribution is 7.89. The van der Waals surface area contributed by atoms with E-state index in [1.165, 1.54) is 12.1 Å². The maximum absolute atomic E-state index is 12.4. The second-order valence-corrected chi connectivity index (χ2v) is 8.17. The Morgan fingerprint density at radius 3 is 2.52 bits per heavy atom. The predicted octanol–water partition coefficient (Wildman–Crippen LogP) is 2.50. The second kappa shape index (κ2) is 9.04. The van der Waals surface area contributed by atoms with Crippen molar-refractivity contribution in [3.05, 3.63) is 93.5 Å². The summed E-state index contributed by atoms with van der Waals surface area (Å²) < 4.78 is 38.2. The lowest BCUT2D eigenvalue weighted by Gasteiger charge is -2.11. The molecule has 0 aliphatic carbocycles. The third-order valence-corrected chi connectivity index (χ3v) is 5.53. The summed E-state index contributed by atoms with van der Waals surface area (Å²) >= 11 is 0. The molecule has 29 heavy (non-hydrogen) atoms. The van der Waals surface area contributed by atoms with Crippen LogP contribution in [0.5, 0.6) is 5.75 Å². The van der Waals surface area contributed by atoms with Crippen LogP contribution in [-0.4, -0.2) is 13.5 Å². The van der Waals surface area contributed by atoms with Crippen molar-refractivity contribution in [1.29, 1.82) is 0 Å². The van der Waals surface area contributed by atoms with E-state index in [-0.39, 0.29) is 35.3 Å². The van der Waals surface area contributed by atoms with E-state index in [4.69, 9.17) is 9.15 Å². The molecule has 0 amide bonds. The molecule has 0 spiro atoms. The Hall–Kier alpha value is -2.94. The Kier molecular flexibility index (Phi) is 6.48. The second-order valence-electron chi connectivity index (χ2n) is 6.40. The van der Waals surface area contributed by atoms with Gasteiger partial charge >= 0.3 is 0 Å². The Labute approximate surface area is 168 Å². The van der Waals surface area contributed by atoms with E-state index in [2.05, 4.69) is 4.72 Å². The summed E-state index contributed by atoms with van der Waals surface area (Å²) in [6.45, 7) is 1.13. The molecule has 0 bridgehead atoms. The first-order chi connectivity index (χ1) is 13.9. The number of aliphatic hydroxyl groups is 1. The lowest BCUT2D eigenvalue weighted by atomic mass is 10.2. The average molecular weight is 415 g/mol. The van der Waals surface area contributed by atoms with Crippen LogP contribution in [0.1, 0.15) is 22.6 Å². The van der Waals surface area contributed by atoms with Crippen molar-refractivity contribution in [1.82, 2.24) is 4.72 Å². The zero-order chi connectivity index (χ0) is 20.9. The van der Waals surface area contributed by atoms with Crippen LogP contribution in [-0.2, 0) is 29.8 Å². The van der Waals surface area contributed by atoms with E-state index in [1.54, 1.807) is 19.1 Å². The highest BCUT2D eigenvalue weighted by Crippen LogP contribution is 2.18. The number of aryl methyl sites for hydroxylation is 1. The fourth-order valence-electron chi connectivity index (χ4n) is 2.69. The molecule has 3 aromatic rings. The Balaban J connectivity index is 1.75. The van der Waals surface area contributed by atoms with Gasteiger partial charge < -0.3 is 14.3 Å². The van der Waals surface area contributed by atoms with Crippen molar-refractivity contribution >= 4 is 10.0 Å². The molecule has 0 aliphatic heterocycles. The number of ether oxygens (including phenoxy) is 1. The van der Waals surface area contributed by atoms with Crippen molar-refractivity contribution in [3.63, 3.8) is 0 Å². The zero-order valence-electron chi connectivity index (χ0n) is 15.8. The van der Waals surface area contributed by atoms with Crippen molar-refractivity contribution in [2.75, 3.05) is 0 Å². The summed E-state index contributed by atoms with van der Waals surface area (Å²) in [4.78, 5) is 12.5. The molecule has 0 aliphatic rings. The van der Waals surface area contributed by atoms with Gasteiger partial charge in [-0.25, -0.2) is 13.1 Å². The molecule has 8 heteroatoms. The van der Waals surface area contributed by atoms with Gasteiger partial charge in [0.1, 0.15) is 19.0 Å². The first-order valence-corrected chi connectivity index (χ1v) is 10.4. The lowest BCUT2D eigenvalue weighted by Crippen LogP contribution is -2.24. The minimum Gasteiger partial charge on any atom is -0.482 e. The van der Waals surface area contributed by atoms with E-state index in [0.717, 1.165) is 17.2 Å². The lowest BCUT2D eigenvalue weighted by molar-refractivity contribution is 0.213. The molecular weight excluding hydrogens is 394 g/mol. The van der Waals surface area contributed by atoms with Gasteiger partial charge in [-0.2, -0.15) is 0 Å². The summed E-state index contributed by atoms with van der Waals surface area (Å²) in [5, 5.41) is 9.55. The van der Waals surface area contributed by atoms with Gasteiger partial charge in [0.15, 0.2) is 5.76 Å². The highest BCUT2D eigenvalue weighted by Gasteiger charge is 2.17. The van der Waals surface area contributed by atoms with Crippen LogP contribution >= 0.6 is 0 Å². The Morgan fingerprint density at radius 1 is 1.07 bits per heavy atom. The number of rotatable bonds is 8. The van der Waals surface area contributed by atoms with Crippen LogP contribution in [0.4, 0.5) is 0 Å². The maximum atomic E-state index is 12.4. The monoisotopic (exact) mass is 415 g/mol. The van der Waals surface area contributed by atoms with Gasteiger partial charge in [-0.05, 0) is 30.2 Å². The largest absolute Gasteiger partial charge is 0.482 e. The van der Waals surface area contributed by atoms with E-state index in [9.17, 15) is 18.3 Å². The normalized spacial score (nSPS) is 11.4. The molecule has 0 saturated heterocycles. The van der Waals surface area contributed by atoms with Gasteiger partial charge in [-0.15, -0.1) is 0 Å². The molecule has 2 aromatic carbocycles. The molecule has 3 rings (SSSR count). The number of sulfonamides is 1. The molecule has 0 radical (unpaired) electrons. The molecule has 1 heterocycles. The molecule has 0 saturated carbocycles. The number of hydrogen-bond acceptors (Lipinski definition) is 6. The van der Waals surface area contributed by atoms with Crippen LogP contribution in [0.2, 0.25) is 0 Å². The minimum atomic E-state index is -3.78. The van der Waals surface area contributed by atoms with Crippen molar-refractivity contribution in [3.8, 4) is 5.75 Å². The van der Waals surface area contributed by atoms with Crippen molar-refractivity contribution in [2.24, 2.45) is 0 Å². The molecule has 0 unspecified atom stereocenters. The standard InChI is InChI=1S/C21H21NO6S/c1-15-6-5-9-18(10-15)29(25,26)22-12-17-11-19(24)21(20(13-23)28-17)27-14-16-7-3-2-4-8-16/h2-11,22-23H,12-14H2,1H3. The van der Waals surface area contributed by atoms with Gasteiger partial charge in [-0.1, -0.05) is 42.5 Å². The summed E-state index contributed by atoms with van der Waals surface area (Å²) in [5.41, 5.74) is 1.16. The Morgan fingerprint density at radius 2 is 1.83 bits per heavy atom. The molecule has 152 valence electrons. The summed E-state index contributed by atoms with van der Waals surface area (Å²) in [6, 6.07) is 16.8. The molecule has 2 N–H and O–H groups in total. The van der Waals surface area contributed by atoms with Gasteiger partial charge in [-0.3, -0.25) is 4.79 Å². The molecule has 0 fully saturated rings. The predicted molar refractivity (Wildman–Crippen MR) is 107 cm³/mol. The molecule has 7 nitrogen and oxygen atoms in total. The van der Waals surface area contributed by atoms with E-state index in [0.29, 0.717) is 0 Å². The number of hydrogen-bond donors (Lipinski definition) is 2. The van der Waals surface area contributed by atoms with E-state index >= 15 is 0 Å². The van der Waals surface area contributed by atoms with Crippen molar-refractivity contribution < 1.29 is 22.7 Å².